The Morgan fingerprint density at radius 3 is 3.18 bits per heavy atom. The first-order valence-corrected chi connectivity index (χ1v) is 6.10. The number of nitrogens with one attached hydrogen (secondary N) is 1. The lowest BCUT2D eigenvalue weighted by Crippen LogP contribution is -2.35. The zero-order valence-electron chi connectivity index (χ0n) is 9.58. The minimum absolute atomic E-state index is 0.281. The van der Waals surface area contributed by atoms with Crippen LogP contribution < -0.4 is 5.32 Å². The van der Waals surface area contributed by atoms with Gasteiger partial charge < -0.3 is 9.84 Å². The number of halogens is 1. The highest BCUT2D eigenvalue weighted by Crippen LogP contribution is 2.22. The molecule has 1 aromatic carbocycles. The van der Waals surface area contributed by atoms with E-state index in [1.54, 1.807) is 6.07 Å². The molecule has 1 saturated heterocycles. The predicted octanol–water partition coefficient (Wildman–Crippen LogP) is 2.65. The van der Waals surface area contributed by atoms with Crippen LogP contribution in [0, 0.1) is 5.82 Å². The van der Waals surface area contributed by atoms with Crippen LogP contribution in [0.1, 0.15) is 25.0 Å². The van der Waals surface area contributed by atoms with E-state index in [9.17, 15) is 4.39 Å². The fraction of sp³-hybridized carbons (Fsp3) is 0.462. The second-order valence-corrected chi connectivity index (χ2v) is 4.62. The summed E-state index contributed by atoms with van der Waals surface area (Å²) < 4.78 is 18.2. The quantitative estimate of drug-likeness (QED) is 0.868. The Morgan fingerprint density at radius 1 is 1.41 bits per heavy atom. The zero-order chi connectivity index (χ0) is 11.7. The molecule has 0 saturated carbocycles. The fourth-order valence-corrected chi connectivity index (χ4v) is 2.44. The van der Waals surface area contributed by atoms with Crippen LogP contribution in [0.15, 0.2) is 22.7 Å². The third-order valence-corrected chi connectivity index (χ3v) is 3.36. The van der Waals surface area contributed by atoms with Crippen LogP contribution in [-0.4, -0.2) is 17.7 Å². The van der Waals surface area contributed by atoms with Crippen molar-refractivity contribution >= 4 is 11.0 Å². The van der Waals surface area contributed by atoms with Gasteiger partial charge in [-0.3, -0.25) is 0 Å². The van der Waals surface area contributed by atoms with E-state index < -0.39 is 0 Å². The summed E-state index contributed by atoms with van der Waals surface area (Å²) in [6.45, 7) is 1.08. The lowest BCUT2D eigenvalue weighted by atomic mass is 9.99. The number of nitrogens with zero attached hydrogens (tertiary/aromatic N) is 1. The van der Waals surface area contributed by atoms with Gasteiger partial charge in [0, 0.05) is 23.9 Å². The predicted molar refractivity (Wildman–Crippen MR) is 63.3 cm³/mol. The standard InChI is InChI=1S/C13H15FN2O/c14-9-4-5-11-12(16-17-13(11)7-9)8-10-3-1-2-6-15-10/h4-5,7,10,15H,1-3,6,8H2. The molecule has 1 aliphatic rings. The Labute approximate surface area is 99.0 Å². The first kappa shape index (κ1) is 10.7. The molecule has 1 unspecified atom stereocenters. The molecule has 17 heavy (non-hydrogen) atoms. The molecule has 1 aromatic heterocycles. The summed E-state index contributed by atoms with van der Waals surface area (Å²) in [5.74, 6) is -0.281. The van der Waals surface area contributed by atoms with Crippen LogP contribution in [-0.2, 0) is 6.42 Å². The van der Waals surface area contributed by atoms with Gasteiger partial charge in [-0.2, -0.15) is 0 Å². The summed E-state index contributed by atoms with van der Waals surface area (Å²) in [4.78, 5) is 0. The Hall–Kier alpha value is -1.42. The second-order valence-electron chi connectivity index (χ2n) is 4.62. The highest BCUT2D eigenvalue weighted by Gasteiger charge is 2.17. The first-order chi connectivity index (χ1) is 8.33. The van der Waals surface area contributed by atoms with E-state index in [0.29, 0.717) is 11.6 Å². The number of rotatable bonds is 2. The molecular weight excluding hydrogens is 219 g/mol. The molecule has 1 atom stereocenters. The molecule has 1 fully saturated rings. The molecule has 3 rings (SSSR count). The van der Waals surface area contributed by atoms with E-state index in [-0.39, 0.29) is 5.82 Å². The van der Waals surface area contributed by atoms with Crippen molar-refractivity contribution in [3.8, 4) is 0 Å². The van der Waals surface area contributed by atoms with Gasteiger partial charge in [-0.15, -0.1) is 0 Å². The monoisotopic (exact) mass is 234 g/mol. The summed E-state index contributed by atoms with van der Waals surface area (Å²) in [7, 11) is 0. The summed E-state index contributed by atoms with van der Waals surface area (Å²) in [5, 5.41) is 8.46. The molecule has 90 valence electrons. The van der Waals surface area contributed by atoms with Crippen molar-refractivity contribution in [3.63, 3.8) is 0 Å². The van der Waals surface area contributed by atoms with Gasteiger partial charge in [0.15, 0.2) is 5.58 Å². The van der Waals surface area contributed by atoms with Crippen molar-refractivity contribution in [3.05, 3.63) is 29.7 Å². The molecule has 1 N–H and O–H groups in total. The van der Waals surface area contributed by atoms with Gasteiger partial charge in [0.2, 0.25) is 0 Å². The third-order valence-electron chi connectivity index (χ3n) is 3.36. The molecule has 4 heteroatoms. The number of benzene rings is 1. The first-order valence-electron chi connectivity index (χ1n) is 6.10. The maximum Gasteiger partial charge on any atom is 0.170 e. The molecule has 0 spiro atoms. The Kier molecular flexibility index (Phi) is 2.81. The largest absolute Gasteiger partial charge is 0.356 e. The lowest BCUT2D eigenvalue weighted by Gasteiger charge is -2.22. The highest BCUT2D eigenvalue weighted by atomic mass is 19.1. The van der Waals surface area contributed by atoms with E-state index in [2.05, 4.69) is 10.5 Å². The molecule has 0 amide bonds. The van der Waals surface area contributed by atoms with E-state index in [0.717, 1.165) is 24.0 Å². The highest BCUT2D eigenvalue weighted by molar-refractivity contribution is 5.79. The number of fused-ring (bicyclic) bond motifs is 1. The fourth-order valence-electron chi connectivity index (χ4n) is 2.44. The van der Waals surface area contributed by atoms with Gasteiger partial charge in [-0.1, -0.05) is 11.6 Å². The number of hydrogen-bond acceptors (Lipinski definition) is 3. The molecule has 0 bridgehead atoms. The van der Waals surface area contributed by atoms with Gasteiger partial charge in [0.1, 0.15) is 5.82 Å². The van der Waals surface area contributed by atoms with Crippen LogP contribution >= 0.6 is 0 Å². The SMILES string of the molecule is Fc1ccc2c(CC3CCCCN3)noc2c1. The van der Waals surface area contributed by atoms with Gasteiger partial charge in [-0.25, -0.2) is 4.39 Å². The van der Waals surface area contributed by atoms with Crippen molar-refractivity contribution in [2.45, 2.75) is 31.7 Å². The van der Waals surface area contributed by atoms with Crippen LogP contribution in [0.5, 0.6) is 0 Å². The van der Waals surface area contributed by atoms with Crippen LogP contribution in [0.4, 0.5) is 4.39 Å². The van der Waals surface area contributed by atoms with E-state index in [4.69, 9.17) is 4.52 Å². The number of hydrogen-bond donors (Lipinski definition) is 1. The molecule has 3 nitrogen and oxygen atoms in total. The van der Waals surface area contributed by atoms with Gasteiger partial charge in [0.25, 0.3) is 0 Å². The Morgan fingerprint density at radius 2 is 2.35 bits per heavy atom. The molecule has 1 aliphatic heterocycles. The molecule has 2 heterocycles. The number of aromatic nitrogens is 1. The summed E-state index contributed by atoms with van der Waals surface area (Å²) in [5.41, 5.74) is 1.47. The molecule has 0 radical (unpaired) electrons. The minimum Gasteiger partial charge on any atom is -0.356 e. The topological polar surface area (TPSA) is 38.1 Å². The lowest BCUT2D eigenvalue weighted by molar-refractivity contribution is 0.384. The third kappa shape index (κ3) is 2.17. The minimum atomic E-state index is -0.281. The summed E-state index contributed by atoms with van der Waals surface area (Å²) >= 11 is 0. The number of piperidine rings is 1. The zero-order valence-corrected chi connectivity index (χ0v) is 9.58. The van der Waals surface area contributed by atoms with E-state index >= 15 is 0 Å². The van der Waals surface area contributed by atoms with E-state index in [1.807, 2.05) is 0 Å². The van der Waals surface area contributed by atoms with Gasteiger partial charge >= 0.3 is 0 Å². The van der Waals surface area contributed by atoms with Crippen molar-refractivity contribution in [2.75, 3.05) is 6.54 Å². The smallest absolute Gasteiger partial charge is 0.170 e. The maximum absolute atomic E-state index is 13.0. The average Bonchev–Trinajstić information content (AvgIpc) is 2.73. The van der Waals surface area contributed by atoms with Gasteiger partial charge in [-0.05, 0) is 31.5 Å². The molecular formula is C13H15FN2O. The van der Waals surface area contributed by atoms with E-state index in [1.165, 1.54) is 31.4 Å². The van der Waals surface area contributed by atoms with Crippen molar-refractivity contribution in [1.82, 2.24) is 10.5 Å². The second kappa shape index (κ2) is 4.45. The van der Waals surface area contributed by atoms with Crippen molar-refractivity contribution in [1.29, 1.82) is 0 Å². The van der Waals surface area contributed by atoms with Crippen molar-refractivity contribution in [2.24, 2.45) is 0 Å². The van der Waals surface area contributed by atoms with Crippen molar-refractivity contribution < 1.29 is 8.91 Å². The Bertz CT molecular complexity index is 517. The maximum atomic E-state index is 13.0. The van der Waals surface area contributed by atoms with Crippen LogP contribution in [0.2, 0.25) is 0 Å². The molecule has 0 aliphatic carbocycles. The van der Waals surface area contributed by atoms with Crippen LogP contribution in [0.3, 0.4) is 0 Å². The van der Waals surface area contributed by atoms with Crippen LogP contribution in [0.25, 0.3) is 11.0 Å². The molecule has 2 aromatic rings. The van der Waals surface area contributed by atoms with Gasteiger partial charge in [0.05, 0.1) is 5.69 Å². The summed E-state index contributed by atoms with van der Waals surface area (Å²) in [6, 6.07) is 5.07. The average molecular weight is 234 g/mol. The normalized spacial score (nSPS) is 20.9. The Balaban J connectivity index is 1.84. The summed E-state index contributed by atoms with van der Waals surface area (Å²) in [6.07, 6.45) is 4.55.